The predicted molar refractivity (Wildman–Crippen MR) is 137 cm³/mol. The molecule has 2 aromatic rings. The quantitative estimate of drug-likeness (QED) is 0.343. The Morgan fingerprint density at radius 2 is 1.71 bits per heavy atom. The summed E-state index contributed by atoms with van der Waals surface area (Å²) in [6.45, 7) is 6.45. The van der Waals surface area contributed by atoms with Crippen molar-refractivity contribution in [1.29, 1.82) is 0 Å². The lowest BCUT2D eigenvalue weighted by Gasteiger charge is -2.32. The highest BCUT2D eigenvalue weighted by molar-refractivity contribution is 6.35. The van der Waals surface area contributed by atoms with Crippen molar-refractivity contribution in [2.45, 2.75) is 65.1 Å². The minimum absolute atomic E-state index is 0.0236. The summed E-state index contributed by atoms with van der Waals surface area (Å²) in [6.07, 6.45) is 2.05. The topological polar surface area (TPSA) is 67.9 Å². The van der Waals surface area contributed by atoms with E-state index in [2.05, 4.69) is 5.32 Å². The number of rotatable bonds is 13. The van der Waals surface area contributed by atoms with Gasteiger partial charge >= 0.3 is 0 Å². The van der Waals surface area contributed by atoms with Crippen LogP contribution in [0, 0.1) is 0 Å². The third-order valence-electron chi connectivity index (χ3n) is 5.61. The van der Waals surface area contributed by atoms with Gasteiger partial charge in [-0.25, -0.2) is 0 Å². The molecule has 0 saturated heterocycles. The van der Waals surface area contributed by atoms with Crippen LogP contribution in [0.25, 0.3) is 0 Å². The second kappa shape index (κ2) is 14.1. The monoisotopic (exact) mass is 508 g/mol. The number of carbonyl (C=O) groups is 2. The fraction of sp³-hybridized carbons (Fsp3) is 0.462. The first-order chi connectivity index (χ1) is 16.3. The van der Waals surface area contributed by atoms with Crippen LogP contribution in [0.2, 0.25) is 10.0 Å². The summed E-state index contributed by atoms with van der Waals surface area (Å²) >= 11 is 12.4. The molecule has 0 heterocycles. The highest BCUT2D eigenvalue weighted by atomic mass is 35.5. The molecule has 0 bridgehead atoms. The Balaban J connectivity index is 2.09. The van der Waals surface area contributed by atoms with E-state index >= 15 is 0 Å². The first-order valence-corrected chi connectivity index (χ1v) is 12.3. The second-order valence-corrected chi connectivity index (χ2v) is 8.97. The van der Waals surface area contributed by atoms with E-state index in [-0.39, 0.29) is 30.8 Å². The maximum Gasteiger partial charge on any atom is 0.243 e. The van der Waals surface area contributed by atoms with Crippen molar-refractivity contribution in [2.24, 2.45) is 0 Å². The van der Waals surface area contributed by atoms with Crippen LogP contribution in [-0.4, -0.2) is 42.5 Å². The molecule has 0 aliphatic heterocycles. The maximum absolute atomic E-state index is 13.3. The van der Waals surface area contributed by atoms with E-state index in [1.807, 2.05) is 45.0 Å². The molecule has 6 nitrogen and oxygen atoms in total. The van der Waals surface area contributed by atoms with Crippen molar-refractivity contribution >= 4 is 35.0 Å². The van der Waals surface area contributed by atoms with Crippen LogP contribution in [0.5, 0.6) is 11.5 Å². The summed E-state index contributed by atoms with van der Waals surface area (Å²) in [6, 6.07) is 11.9. The summed E-state index contributed by atoms with van der Waals surface area (Å²) in [7, 11) is 1.61. The van der Waals surface area contributed by atoms with Gasteiger partial charge in [0.2, 0.25) is 11.8 Å². The molecular formula is C26H34Cl2N2O4. The first-order valence-electron chi connectivity index (χ1n) is 11.6. The lowest BCUT2D eigenvalue weighted by Crippen LogP contribution is -2.50. The Kier molecular flexibility index (Phi) is 11.5. The van der Waals surface area contributed by atoms with Crippen LogP contribution in [0.4, 0.5) is 0 Å². The molecule has 0 spiro atoms. The van der Waals surface area contributed by atoms with E-state index in [0.29, 0.717) is 35.2 Å². The molecule has 1 N–H and O–H groups in total. The molecule has 0 aromatic heterocycles. The van der Waals surface area contributed by atoms with Gasteiger partial charge in [-0.1, -0.05) is 43.1 Å². The van der Waals surface area contributed by atoms with Crippen LogP contribution in [0.1, 0.15) is 52.0 Å². The number of amides is 2. The number of benzene rings is 2. The van der Waals surface area contributed by atoms with Gasteiger partial charge in [-0.05, 0) is 68.1 Å². The Labute approximate surface area is 212 Å². The van der Waals surface area contributed by atoms with Crippen molar-refractivity contribution in [1.82, 2.24) is 10.2 Å². The number of methoxy groups -OCH3 is 1. The predicted octanol–water partition coefficient (Wildman–Crippen LogP) is 5.88. The smallest absolute Gasteiger partial charge is 0.243 e. The lowest BCUT2D eigenvalue weighted by atomic mass is 10.1. The number of hydrogen-bond donors (Lipinski definition) is 1. The van der Waals surface area contributed by atoms with Gasteiger partial charge in [0, 0.05) is 29.1 Å². The van der Waals surface area contributed by atoms with Crippen LogP contribution in [0.15, 0.2) is 42.5 Å². The van der Waals surface area contributed by atoms with E-state index in [0.717, 1.165) is 17.7 Å². The van der Waals surface area contributed by atoms with Crippen LogP contribution in [-0.2, 0) is 16.1 Å². The normalized spacial score (nSPS) is 12.5. The van der Waals surface area contributed by atoms with E-state index < -0.39 is 6.04 Å². The second-order valence-electron chi connectivity index (χ2n) is 8.13. The van der Waals surface area contributed by atoms with Crippen molar-refractivity contribution < 1.29 is 19.1 Å². The molecule has 0 saturated carbocycles. The number of hydrogen-bond acceptors (Lipinski definition) is 4. The van der Waals surface area contributed by atoms with E-state index in [9.17, 15) is 9.59 Å². The Bertz CT molecular complexity index is 937. The summed E-state index contributed by atoms with van der Waals surface area (Å²) in [5.74, 6) is 1.16. The highest BCUT2D eigenvalue weighted by Crippen LogP contribution is 2.24. The SMILES string of the molecule is CC[C@H](C(=O)N[C@@H](C)CC)N(Cc1ccc(Cl)cc1Cl)C(=O)CCCOc1ccc(OC)cc1. The Morgan fingerprint density at radius 1 is 1.03 bits per heavy atom. The van der Waals surface area contributed by atoms with E-state index in [1.165, 1.54) is 0 Å². The molecule has 8 heteroatoms. The third kappa shape index (κ3) is 8.41. The molecule has 2 rings (SSSR count). The molecule has 0 fully saturated rings. The number of halogens is 2. The minimum atomic E-state index is -0.601. The number of ether oxygens (including phenoxy) is 2. The van der Waals surface area contributed by atoms with Gasteiger partial charge in [0.25, 0.3) is 0 Å². The van der Waals surface area contributed by atoms with Crippen molar-refractivity contribution in [3.63, 3.8) is 0 Å². The zero-order valence-electron chi connectivity index (χ0n) is 20.3. The summed E-state index contributed by atoms with van der Waals surface area (Å²) in [4.78, 5) is 27.9. The lowest BCUT2D eigenvalue weighted by molar-refractivity contribution is -0.141. The molecular weight excluding hydrogens is 475 g/mol. The molecule has 0 aliphatic rings. The third-order valence-corrected chi connectivity index (χ3v) is 6.19. The zero-order chi connectivity index (χ0) is 25.1. The van der Waals surface area contributed by atoms with Crippen LogP contribution in [0.3, 0.4) is 0 Å². The van der Waals surface area contributed by atoms with Crippen molar-refractivity contribution in [2.75, 3.05) is 13.7 Å². The van der Waals surface area contributed by atoms with Crippen molar-refractivity contribution in [3.8, 4) is 11.5 Å². The standard InChI is InChI=1S/C26H34Cl2N2O4/c1-5-18(3)29-26(32)24(6-2)30(17-19-9-10-20(27)16-23(19)28)25(31)8-7-15-34-22-13-11-21(33-4)12-14-22/h9-14,16,18,24H,5-8,15,17H2,1-4H3,(H,29,32)/t18-,24+/m0/s1. The number of carbonyl (C=O) groups excluding carboxylic acids is 2. The number of nitrogens with zero attached hydrogens (tertiary/aromatic N) is 1. The van der Waals surface area contributed by atoms with Gasteiger partial charge < -0.3 is 19.7 Å². The summed E-state index contributed by atoms with van der Waals surface area (Å²) < 4.78 is 10.9. The maximum atomic E-state index is 13.3. The fourth-order valence-corrected chi connectivity index (χ4v) is 3.89. The summed E-state index contributed by atoms with van der Waals surface area (Å²) in [5.41, 5.74) is 0.740. The van der Waals surface area contributed by atoms with Crippen molar-refractivity contribution in [3.05, 3.63) is 58.1 Å². The largest absolute Gasteiger partial charge is 0.497 e. The molecule has 34 heavy (non-hydrogen) atoms. The molecule has 186 valence electrons. The van der Waals surface area contributed by atoms with Gasteiger partial charge in [0.15, 0.2) is 0 Å². The average Bonchev–Trinajstić information content (AvgIpc) is 2.83. The molecule has 2 amide bonds. The average molecular weight is 509 g/mol. The fourth-order valence-electron chi connectivity index (χ4n) is 3.42. The van der Waals surface area contributed by atoms with Gasteiger partial charge in [0.05, 0.1) is 13.7 Å². The van der Waals surface area contributed by atoms with Gasteiger partial charge in [-0.3, -0.25) is 9.59 Å². The number of nitrogens with one attached hydrogen (secondary N) is 1. The first kappa shape index (κ1) is 27.8. The van der Waals surface area contributed by atoms with E-state index in [4.69, 9.17) is 32.7 Å². The van der Waals surface area contributed by atoms with Crippen LogP contribution < -0.4 is 14.8 Å². The summed E-state index contributed by atoms with van der Waals surface area (Å²) in [5, 5.41) is 3.98. The molecule has 0 radical (unpaired) electrons. The van der Waals surface area contributed by atoms with Gasteiger partial charge in [-0.2, -0.15) is 0 Å². The Hall–Kier alpha value is -2.44. The van der Waals surface area contributed by atoms with E-state index in [1.54, 1.807) is 30.2 Å². The molecule has 2 atom stereocenters. The minimum Gasteiger partial charge on any atom is -0.497 e. The Morgan fingerprint density at radius 3 is 2.29 bits per heavy atom. The zero-order valence-corrected chi connectivity index (χ0v) is 21.8. The van der Waals surface area contributed by atoms with Gasteiger partial charge in [0.1, 0.15) is 17.5 Å². The van der Waals surface area contributed by atoms with Crippen LogP contribution >= 0.6 is 23.2 Å². The molecule has 2 aromatic carbocycles. The molecule has 0 unspecified atom stereocenters. The van der Waals surface area contributed by atoms with Gasteiger partial charge in [-0.15, -0.1) is 0 Å². The highest BCUT2D eigenvalue weighted by Gasteiger charge is 2.29. The molecule has 0 aliphatic carbocycles.